The molecule has 1 fully saturated rings. The highest BCUT2D eigenvalue weighted by atomic mass is 16.5. The van der Waals surface area contributed by atoms with Crippen LogP contribution in [0.5, 0.6) is 5.75 Å². The summed E-state index contributed by atoms with van der Waals surface area (Å²) in [6.07, 6.45) is 4.68. The molecule has 1 aliphatic rings. The van der Waals surface area contributed by atoms with Gasteiger partial charge in [-0.05, 0) is 76.5 Å². The standard InChI is InChI=1S/C24H31N3O2/c1-27(2)16-21-23(28-17-19-6-4-3-5-7-19)11-9-20-22(26-29-24(20)21)10-8-18-12-14-25-15-13-18/h3-7,9,11,18,25H,8,10,12-17H2,1-2H3. The van der Waals surface area contributed by atoms with E-state index >= 15 is 0 Å². The summed E-state index contributed by atoms with van der Waals surface area (Å²) < 4.78 is 12.0. The van der Waals surface area contributed by atoms with Crippen molar-refractivity contribution in [2.45, 2.75) is 38.8 Å². The molecular formula is C24H31N3O2. The summed E-state index contributed by atoms with van der Waals surface area (Å²) in [7, 11) is 4.13. The summed E-state index contributed by atoms with van der Waals surface area (Å²) in [5.74, 6) is 1.66. The first-order chi connectivity index (χ1) is 14.2. The minimum Gasteiger partial charge on any atom is -0.488 e. The number of piperidine rings is 1. The maximum Gasteiger partial charge on any atom is 0.175 e. The van der Waals surface area contributed by atoms with Crippen LogP contribution in [0.3, 0.4) is 0 Å². The number of fused-ring (bicyclic) bond motifs is 1. The predicted octanol–water partition coefficient (Wildman–Crippen LogP) is 4.40. The van der Waals surface area contributed by atoms with E-state index in [1.165, 1.54) is 19.3 Å². The summed E-state index contributed by atoms with van der Waals surface area (Å²) in [4.78, 5) is 2.14. The van der Waals surface area contributed by atoms with E-state index in [0.29, 0.717) is 6.61 Å². The summed E-state index contributed by atoms with van der Waals surface area (Å²) in [5, 5.41) is 9.01. The van der Waals surface area contributed by atoms with Gasteiger partial charge in [0.05, 0.1) is 11.3 Å². The van der Waals surface area contributed by atoms with Crippen molar-refractivity contribution in [2.75, 3.05) is 27.2 Å². The monoisotopic (exact) mass is 393 g/mol. The molecule has 1 saturated heterocycles. The van der Waals surface area contributed by atoms with E-state index in [-0.39, 0.29) is 0 Å². The number of aromatic nitrogens is 1. The molecule has 0 saturated carbocycles. The Hall–Kier alpha value is -2.37. The Kier molecular flexibility index (Phi) is 6.47. The minimum absolute atomic E-state index is 0.545. The molecule has 0 aliphatic carbocycles. The van der Waals surface area contributed by atoms with Gasteiger partial charge in [-0.25, -0.2) is 0 Å². The topological polar surface area (TPSA) is 50.5 Å². The number of nitrogens with zero attached hydrogens (tertiary/aromatic N) is 2. The van der Waals surface area contributed by atoms with E-state index in [4.69, 9.17) is 9.26 Å². The molecular weight excluding hydrogens is 362 g/mol. The molecule has 1 aliphatic heterocycles. The first kappa shape index (κ1) is 19.9. The van der Waals surface area contributed by atoms with E-state index in [2.05, 4.69) is 53.7 Å². The Labute approximate surface area is 173 Å². The molecule has 2 aromatic carbocycles. The number of nitrogens with one attached hydrogen (secondary N) is 1. The summed E-state index contributed by atoms with van der Waals surface area (Å²) in [6, 6.07) is 14.4. The molecule has 29 heavy (non-hydrogen) atoms. The first-order valence-electron chi connectivity index (χ1n) is 10.6. The van der Waals surface area contributed by atoms with E-state index in [1.54, 1.807) is 0 Å². The molecule has 5 heteroatoms. The van der Waals surface area contributed by atoms with Gasteiger partial charge in [-0.2, -0.15) is 0 Å². The molecule has 1 N–H and O–H groups in total. The van der Waals surface area contributed by atoms with Crippen LogP contribution in [0, 0.1) is 5.92 Å². The van der Waals surface area contributed by atoms with E-state index < -0.39 is 0 Å². The van der Waals surface area contributed by atoms with Crippen LogP contribution >= 0.6 is 0 Å². The highest BCUT2D eigenvalue weighted by molar-refractivity contribution is 5.84. The Balaban J connectivity index is 1.54. The lowest BCUT2D eigenvalue weighted by Gasteiger charge is -2.21. The maximum atomic E-state index is 6.18. The first-order valence-corrected chi connectivity index (χ1v) is 10.6. The van der Waals surface area contributed by atoms with Crippen LogP contribution in [-0.2, 0) is 19.6 Å². The third kappa shape index (κ3) is 4.98. The van der Waals surface area contributed by atoms with Gasteiger partial charge in [0.25, 0.3) is 0 Å². The Morgan fingerprint density at radius 2 is 1.90 bits per heavy atom. The lowest BCUT2D eigenvalue weighted by molar-refractivity contribution is 0.294. The van der Waals surface area contributed by atoms with Gasteiger partial charge in [-0.1, -0.05) is 35.5 Å². The second-order valence-electron chi connectivity index (χ2n) is 8.29. The van der Waals surface area contributed by atoms with Crippen LogP contribution in [0.2, 0.25) is 0 Å². The maximum absolute atomic E-state index is 6.18. The van der Waals surface area contributed by atoms with Crippen molar-refractivity contribution in [3.05, 3.63) is 59.3 Å². The fraction of sp³-hybridized carbons (Fsp3) is 0.458. The molecule has 0 unspecified atom stereocenters. The molecule has 3 aromatic rings. The zero-order valence-corrected chi connectivity index (χ0v) is 17.5. The highest BCUT2D eigenvalue weighted by Gasteiger charge is 2.19. The van der Waals surface area contributed by atoms with Gasteiger partial charge in [0.2, 0.25) is 0 Å². The lowest BCUT2D eigenvalue weighted by atomic mass is 9.92. The van der Waals surface area contributed by atoms with E-state index in [1.807, 2.05) is 18.2 Å². The van der Waals surface area contributed by atoms with Crippen LogP contribution in [0.25, 0.3) is 11.0 Å². The van der Waals surface area contributed by atoms with Crippen LogP contribution < -0.4 is 10.1 Å². The molecule has 2 heterocycles. The third-order valence-corrected chi connectivity index (χ3v) is 5.74. The average Bonchev–Trinajstić information content (AvgIpc) is 3.16. The largest absolute Gasteiger partial charge is 0.488 e. The van der Waals surface area contributed by atoms with Gasteiger partial charge in [0.15, 0.2) is 5.58 Å². The molecule has 154 valence electrons. The highest BCUT2D eigenvalue weighted by Crippen LogP contribution is 2.32. The smallest absolute Gasteiger partial charge is 0.175 e. The number of aryl methyl sites for hydroxylation is 1. The van der Waals surface area contributed by atoms with Crippen molar-refractivity contribution in [1.29, 1.82) is 0 Å². The molecule has 5 nitrogen and oxygen atoms in total. The average molecular weight is 394 g/mol. The Bertz CT molecular complexity index is 915. The van der Waals surface area contributed by atoms with Gasteiger partial charge in [-0.3, -0.25) is 0 Å². The third-order valence-electron chi connectivity index (χ3n) is 5.74. The number of benzene rings is 2. The number of hydrogen-bond donors (Lipinski definition) is 1. The molecule has 0 amide bonds. The molecule has 4 rings (SSSR count). The summed E-state index contributed by atoms with van der Waals surface area (Å²) in [5.41, 5.74) is 4.17. The molecule has 1 aromatic heterocycles. The van der Waals surface area contributed by atoms with Crippen LogP contribution in [-0.4, -0.2) is 37.2 Å². The zero-order chi connectivity index (χ0) is 20.1. The second-order valence-corrected chi connectivity index (χ2v) is 8.29. The molecule has 0 bridgehead atoms. The molecule has 0 spiro atoms. The van der Waals surface area contributed by atoms with Crippen molar-refractivity contribution >= 4 is 11.0 Å². The number of ether oxygens (including phenoxy) is 1. The molecule has 0 atom stereocenters. The molecule has 0 radical (unpaired) electrons. The van der Waals surface area contributed by atoms with Crippen LogP contribution in [0.15, 0.2) is 47.0 Å². The lowest BCUT2D eigenvalue weighted by Crippen LogP contribution is -2.27. The number of hydrogen-bond acceptors (Lipinski definition) is 5. The van der Waals surface area contributed by atoms with Gasteiger partial charge < -0.3 is 19.5 Å². The van der Waals surface area contributed by atoms with Crippen molar-refractivity contribution < 1.29 is 9.26 Å². The SMILES string of the molecule is CN(C)Cc1c(OCc2ccccc2)ccc2c(CCC3CCNCC3)noc12. The minimum atomic E-state index is 0.545. The summed E-state index contributed by atoms with van der Waals surface area (Å²) in [6.45, 7) is 3.58. The van der Waals surface area contributed by atoms with Crippen LogP contribution in [0.1, 0.15) is 36.1 Å². The van der Waals surface area contributed by atoms with Crippen LogP contribution in [0.4, 0.5) is 0 Å². The fourth-order valence-electron chi connectivity index (χ4n) is 4.12. The van der Waals surface area contributed by atoms with E-state index in [0.717, 1.165) is 65.5 Å². The fourth-order valence-corrected chi connectivity index (χ4v) is 4.12. The normalized spacial score (nSPS) is 15.3. The van der Waals surface area contributed by atoms with Crippen molar-refractivity contribution in [3.63, 3.8) is 0 Å². The van der Waals surface area contributed by atoms with Crippen molar-refractivity contribution in [3.8, 4) is 5.75 Å². The second kappa shape index (κ2) is 9.42. The predicted molar refractivity (Wildman–Crippen MR) is 116 cm³/mol. The van der Waals surface area contributed by atoms with Crippen molar-refractivity contribution in [2.24, 2.45) is 5.92 Å². The Morgan fingerprint density at radius 1 is 1.10 bits per heavy atom. The van der Waals surface area contributed by atoms with E-state index in [9.17, 15) is 0 Å². The van der Waals surface area contributed by atoms with Gasteiger partial charge in [0, 0.05) is 11.9 Å². The van der Waals surface area contributed by atoms with Gasteiger partial charge in [0.1, 0.15) is 12.4 Å². The summed E-state index contributed by atoms with van der Waals surface area (Å²) >= 11 is 0. The number of rotatable bonds is 8. The van der Waals surface area contributed by atoms with Crippen molar-refractivity contribution in [1.82, 2.24) is 15.4 Å². The van der Waals surface area contributed by atoms with Gasteiger partial charge in [-0.15, -0.1) is 0 Å². The Morgan fingerprint density at radius 3 is 2.66 bits per heavy atom. The zero-order valence-electron chi connectivity index (χ0n) is 17.5. The van der Waals surface area contributed by atoms with Gasteiger partial charge >= 0.3 is 0 Å². The quantitative estimate of drug-likeness (QED) is 0.615.